The molecule has 0 amide bonds. The molecule has 0 saturated heterocycles. The summed E-state index contributed by atoms with van der Waals surface area (Å²) in [6.45, 7) is 4.34. The van der Waals surface area contributed by atoms with Crippen LogP contribution in [-0.4, -0.2) is 6.26 Å². The van der Waals surface area contributed by atoms with Crippen molar-refractivity contribution in [2.24, 2.45) is 0 Å². The maximum absolute atomic E-state index is 6.05. The van der Waals surface area contributed by atoms with Crippen LogP contribution in [0.3, 0.4) is 0 Å². The van der Waals surface area contributed by atoms with Gasteiger partial charge < -0.3 is 0 Å². The third-order valence-corrected chi connectivity index (χ3v) is 3.06. The Labute approximate surface area is 83.3 Å². The van der Waals surface area contributed by atoms with Crippen molar-refractivity contribution in [3.63, 3.8) is 0 Å². The Balaban J connectivity index is 3.02. The lowest BCUT2D eigenvalue weighted by Gasteiger charge is -2.07. The molecule has 2 heteroatoms. The smallest absolute Gasteiger partial charge is 0.0544 e. The Bertz CT molecular complexity index is 269. The third-order valence-electron chi connectivity index (χ3n) is 1.84. The van der Waals surface area contributed by atoms with Crippen molar-refractivity contribution < 1.29 is 0 Å². The highest BCUT2D eigenvalue weighted by atomic mass is 35.5. The zero-order chi connectivity index (χ0) is 9.14. The van der Waals surface area contributed by atoms with Gasteiger partial charge in [-0.15, -0.1) is 11.8 Å². The second kappa shape index (κ2) is 4.20. The Kier molecular flexibility index (Phi) is 3.48. The van der Waals surface area contributed by atoms with Gasteiger partial charge in [0.15, 0.2) is 0 Å². The summed E-state index contributed by atoms with van der Waals surface area (Å²) in [7, 11) is 0. The van der Waals surface area contributed by atoms with Crippen LogP contribution >= 0.6 is 23.4 Å². The van der Waals surface area contributed by atoms with E-state index in [1.807, 2.05) is 6.26 Å². The minimum Gasteiger partial charge on any atom is -0.128 e. The molecule has 0 nitrogen and oxygen atoms in total. The molecule has 0 atom stereocenters. The first-order valence-electron chi connectivity index (χ1n) is 3.98. The molecule has 0 saturated carbocycles. The van der Waals surface area contributed by atoms with Gasteiger partial charge in [-0.3, -0.25) is 0 Å². The number of hydrogen-bond acceptors (Lipinski definition) is 1. The summed E-state index contributed by atoms with van der Waals surface area (Å²) in [5.74, 6) is 0.554. The second-order valence-electron chi connectivity index (χ2n) is 3.05. The largest absolute Gasteiger partial charge is 0.128 e. The molecule has 0 fully saturated rings. The number of hydrogen-bond donors (Lipinski definition) is 0. The molecular weight excluding hydrogens is 188 g/mol. The van der Waals surface area contributed by atoms with Crippen molar-refractivity contribution >= 4 is 23.4 Å². The number of benzene rings is 1. The van der Waals surface area contributed by atoms with Crippen molar-refractivity contribution in [1.29, 1.82) is 0 Å². The predicted molar refractivity (Wildman–Crippen MR) is 57.3 cm³/mol. The first kappa shape index (κ1) is 9.94. The zero-order valence-electron chi connectivity index (χ0n) is 7.60. The van der Waals surface area contributed by atoms with E-state index in [1.54, 1.807) is 11.8 Å². The fourth-order valence-corrected chi connectivity index (χ4v) is 1.92. The maximum atomic E-state index is 6.05. The lowest BCUT2D eigenvalue weighted by Crippen LogP contribution is -1.86. The van der Waals surface area contributed by atoms with Crippen LogP contribution in [0.5, 0.6) is 0 Å². The topological polar surface area (TPSA) is 0 Å². The summed E-state index contributed by atoms with van der Waals surface area (Å²) in [6, 6.07) is 6.28. The molecule has 12 heavy (non-hydrogen) atoms. The minimum atomic E-state index is 0.554. The standard InChI is InChI=1S/C10H13ClS/c1-7(2)8-4-5-10(12-3)9(11)6-8/h4-7H,1-3H3. The van der Waals surface area contributed by atoms with Crippen LogP contribution < -0.4 is 0 Å². The van der Waals surface area contributed by atoms with E-state index in [9.17, 15) is 0 Å². The number of thioether (sulfide) groups is 1. The van der Waals surface area contributed by atoms with E-state index >= 15 is 0 Å². The van der Waals surface area contributed by atoms with Crippen LogP contribution in [0.1, 0.15) is 25.3 Å². The van der Waals surface area contributed by atoms with E-state index in [1.165, 1.54) is 5.56 Å². The van der Waals surface area contributed by atoms with Gasteiger partial charge in [0.05, 0.1) is 5.02 Å². The Hall–Kier alpha value is -0.140. The second-order valence-corrected chi connectivity index (χ2v) is 4.30. The zero-order valence-corrected chi connectivity index (χ0v) is 9.17. The van der Waals surface area contributed by atoms with Gasteiger partial charge in [-0.25, -0.2) is 0 Å². The van der Waals surface area contributed by atoms with E-state index in [0.29, 0.717) is 5.92 Å². The summed E-state index contributed by atoms with van der Waals surface area (Å²) in [6.07, 6.45) is 2.04. The molecule has 0 unspecified atom stereocenters. The highest BCUT2D eigenvalue weighted by Gasteiger charge is 2.02. The first-order chi connectivity index (χ1) is 5.65. The summed E-state index contributed by atoms with van der Waals surface area (Å²) in [5, 5.41) is 0.869. The SMILES string of the molecule is CSc1ccc(C(C)C)cc1Cl. The van der Waals surface area contributed by atoms with Gasteiger partial charge in [0.25, 0.3) is 0 Å². The average molecular weight is 201 g/mol. The summed E-state index contributed by atoms with van der Waals surface area (Å²) in [5.41, 5.74) is 1.30. The van der Waals surface area contributed by atoms with Crippen LogP contribution in [0.4, 0.5) is 0 Å². The highest BCUT2D eigenvalue weighted by Crippen LogP contribution is 2.28. The Morgan fingerprint density at radius 1 is 1.33 bits per heavy atom. The van der Waals surface area contributed by atoms with Gasteiger partial charge in [-0.05, 0) is 29.9 Å². The molecule has 0 heterocycles. The van der Waals surface area contributed by atoms with E-state index in [2.05, 4.69) is 32.0 Å². The lowest BCUT2D eigenvalue weighted by molar-refractivity contribution is 0.865. The quantitative estimate of drug-likeness (QED) is 0.646. The van der Waals surface area contributed by atoms with Crippen molar-refractivity contribution in [2.45, 2.75) is 24.7 Å². The van der Waals surface area contributed by atoms with Crippen molar-refractivity contribution in [3.05, 3.63) is 28.8 Å². The minimum absolute atomic E-state index is 0.554. The average Bonchev–Trinajstić information content (AvgIpc) is 2.04. The van der Waals surface area contributed by atoms with E-state index in [0.717, 1.165) is 9.92 Å². The number of rotatable bonds is 2. The molecule has 0 aliphatic heterocycles. The fourth-order valence-electron chi connectivity index (χ4n) is 1.04. The molecule has 0 spiro atoms. The normalized spacial score (nSPS) is 10.8. The maximum Gasteiger partial charge on any atom is 0.0544 e. The Morgan fingerprint density at radius 2 is 2.00 bits per heavy atom. The molecular formula is C10H13ClS. The molecule has 66 valence electrons. The third kappa shape index (κ3) is 2.18. The van der Waals surface area contributed by atoms with Crippen molar-refractivity contribution in [1.82, 2.24) is 0 Å². The molecule has 1 aromatic rings. The van der Waals surface area contributed by atoms with Gasteiger partial charge >= 0.3 is 0 Å². The van der Waals surface area contributed by atoms with E-state index in [4.69, 9.17) is 11.6 Å². The van der Waals surface area contributed by atoms with Crippen LogP contribution in [0, 0.1) is 0 Å². The first-order valence-corrected chi connectivity index (χ1v) is 5.59. The monoisotopic (exact) mass is 200 g/mol. The van der Waals surface area contributed by atoms with Crippen molar-refractivity contribution in [3.8, 4) is 0 Å². The van der Waals surface area contributed by atoms with Crippen molar-refractivity contribution in [2.75, 3.05) is 6.26 Å². The van der Waals surface area contributed by atoms with Gasteiger partial charge in [0.2, 0.25) is 0 Å². The van der Waals surface area contributed by atoms with Crippen LogP contribution in [0.2, 0.25) is 5.02 Å². The molecule has 1 rings (SSSR count). The molecule has 0 aliphatic carbocycles. The lowest BCUT2D eigenvalue weighted by atomic mass is 10.0. The van der Waals surface area contributed by atoms with Crippen LogP contribution in [-0.2, 0) is 0 Å². The van der Waals surface area contributed by atoms with E-state index < -0.39 is 0 Å². The number of halogens is 1. The fraction of sp³-hybridized carbons (Fsp3) is 0.400. The predicted octanol–water partition coefficient (Wildman–Crippen LogP) is 4.19. The van der Waals surface area contributed by atoms with Gasteiger partial charge in [-0.1, -0.05) is 31.5 Å². The van der Waals surface area contributed by atoms with Gasteiger partial charge in [0.1, 0.15) is 0 Å². The molecule has 0 aromatic heterocycles. The molecule has 0 aliphatic rings. The summed E-state index contributed by atoms with van der Waals surface area (Å²) >= 11 is 7.74. The molecule has 1 aromatic carbocycles. The molecule has 0 bridgehead atoms. The molecule has 0 N–H and O–H groups in total. The Morgan fingerprint density at radius 3 is 2.42 bits per heavy atom. The van der Waals surface area contributed by atoms with Gasteiger partial charge in [-0.2, -0.15) is 0 Å². The summed E-state index contributed by atoms with van der Waals surface area (Å²) in [4.78, 5) is 1.15. The molecule has 0 radical (unpaired) electrons. The van der Waals surface area contributed by atoms with E-state index in [-0.39, 0.29) is 0 Å². The van der Waals surface area contributed by atoms with Crippen LogP contribution in [0.15, 0.2) is 23.1 Å². The van der Waals surface area contributed by atoms with Gasteiger partial charge in [0, 0.05) is 4.90 Å². The summed E-state index contributed by atoms with van der Waals surface area (Å²) < 4.78 is 0. The van der Waals surface area contributed by atoms with Crippen LogP contribution in [0.25, 0.3) is 0 Å². The highest BCUT2D eigenvalue weighted by molar-refractivity contribution is 7.98.